The normalized spacial score (nSPS) is 11.4. The van der Waals surface area contributed by atoms with Gasteiger partial charge in [-0.3, -0.25) is 0 Å². The lowest BCUT2D eigenvalue weighted by Crippen LogP contribution is -2.16. The Kier molecular flexibility index (Phi) is 6.06. The van der Waals surface area contributed by atoms with Gasteiger partial charge in [0.25, 0.3) is 0 Å². The van der Waals surface area contributed by atoms with Crippen LogP contribution < -0.4 is 9.47 Å². The molecule has 3 aromatic carbocycles. The highest BCUT2D eigenvalue weighted by Gasteiger charge is 2.30. The van der Waals surface area contributed by atoms with Crippen LogP contribution in [0.3, 0.4) is 0 Å². The minimum absolute atomic E-state index is 0.0897. The first-order chi connectivity index (χ1) is 13.8. The topological polar surface area (TPSA) is 18.5 Å². The molecule has 0 atom stereocenters. The highest BCUT2D eigenvalue weighted by molar-refractivity contribution is 5.71. The van der Waals surface area contributed by atoms with E-state index in [-0.39, 0.29) is 23.7 Å². The fraction of sp³-hybridized carbons (Fsp3) is 0.182. The maximum Gasteiger partial charge on any atom is 0.573 e. The van der Waals surface area contributed by atoms with E-state index >= 15 is 0 Å². The van der Waals surface area contributed by atoms with Crippen molar-refractivity contribution in [3.05, 3.63) is 72.3 Å². The molecule has 0 saturated heterocycles. The number of benzene rings is 3. The molecule has 0 amide bonds. The van der Waals surface area contributed by atoms with Crippen LogP contribution in [0.1, 0.15) is 13.3 Å². The SMILES string of the molecule is CCCOc1ccc(-c2ccc(-c3ccc(OC(F)(F)F)cc3)cc2)c(F)c1F. The van der Waals surface area contributed by atoms with Crippen molar-refractivity contribution in [3.8, 4) is 33.8 Å². The molecule has 0 saturated carbocycles. The van der Waals surface area contributed by atoms with Gasteiger partial charge in [0.05, 0.1) is 6.61 Å². The van der Waals surface area contributed by atoms with Gasteiger partial charge in [-0.2, -0.15) is 4.39 Å². The fourth-order valence-corrected chi connectivity index (χ4v) is 2.77. The quantitative estimate of drug-likeness (QED) is 0.410. The Balaban J connectivity index is 1.81. The van der Waals surface area contributed by atoms with Crippen molar-refractivity contribution in [2.24, 2.45) is 0 Å². The molecule has 0 N–H and O–H groups in total. The van der Waals surface area contributed by atoms with Crippen LogP contribution in [0, 0.1) is 11.6 Å². The molecule has 0 aliphatic carbocycles. The Morgan fingerprint density at radius 2 is 1.28 bits per heavy atom. The summed E-state index contributed by atoms with van der Waals surface area (Å²) in [7, 11) is 0. The summed E-state index contributed by atoms with van der Waals surface area (Å²) in [4.78, 5) is 0. The second kappa shape index (κ2) is 8.51. The molecule has 152 valence electrons. The largest absolute Gasteiger partial charge is 0.573 e. The molecular weight excluding hydrogens is 391 g/mol. The third-order valence-corrected chi connectivity index (χ3v) is 4.13. The van der Waals surface area contributed by atoms with E-state index < -0.39 is 18.0 Å². The van der Waals surface area contributed by atoms with E-state index in [1.54, 1.807) is 24.3 Å². The number of ether oxygens (including phenoxy) is 2. The molecule has 3 aromatic rings. The summed E-state index contributed by atoms with van der Waals surface area (Å²) >= 11 is 0. The molecule has 0 aliphatic heterocycles. The zero-order valence-corrected chi connectivity index (χ0v) is 15.4. The first kappa shape index (κ1) is 20.6. The second-order valence-corrected chi connectivity index (χ2v) is 6.24. The first-order valence-electron chi connectivity index (χ1n) is 8.86. The van der Waals surface area contributed by atoms with Crippen LogP contribution in [0.2, 0.25) is 0 Å². The average molecular weight is 408 g/mol. The molecule has 0 aromatic heterocycles. The number of rotatable bonds is 6. The zero-order chi connectivity index (χ0) is 21.0. The molecule has 0 aliphatic rings. The van der Waals surface area contributed by atoms with Crippen molar-refractivity contribution in [3.63, 3.8) is 0 Å². The zero-order valence-electron chi connectivity index (χ0n) is 15.4. The van der Waals surface area contributed by atoms with Gasteiger partial charge in [-0.1, -0.05) is 43.3 Å². The minimum atomic E-state index is -4.75. The van der Waals surface area contributed by atoms with Crippen LogP contribution >= 0.6 is 0 Å². The lowest BCUT2D eigenvalue weighted by atomic mass is 9.99. The fourth-order valence-electron chi connectivity index (χ4n) is 2.77. The first-order valence-corrected chi connectivity index (χ1v) is 8.86. The molecule has 2 nitrogen and oxygen atoms in total. The molecular formula is C22H17F5O2. The Labute approximate surface area is 164 Å². The number of hydrogen-bond acceptors (Lipinski definition) is 2. The van der Waals surface area contributed by atoms with Crippen LogP contribution in [0.4, 0.5) is 22.0 Å². The number of halogens is 5. The Hall–Kier alpha value is -3.09. The van der Waals surface area contributed by atoms with E-state index in [0.29, 0.717) is 23.1 Å². The molecule has 0 radical (unpaired) electrons. The minimum Gasteiger partial charge on any atom is -0.490 e. The molecule has 0 fully saturated rings. The lowest BCUT2D eigenvalue weighted by Gasteiger charge is -2.11. The molecule has 29 heavy (non-hydrogen) atoms. The van der Waals surface area contributed by atoms with E-state index in [4.69, 9.17) is 4.74 Å². The summed E-state index contributed by atoms with van der Waals surface area (Å²) in [5.74, 6) is -2.49. The smallest absolute Gasteiger partial charge is 0.490 e. The van der Waals surface area contributed by atoms with E-state index in [9.17, 15) is 22.0 Å². The van der Waals surface area contributed by atoms with Crippen molar-refractivity contribution in [2.45, 2.75) is 19.7 Å². The summed E-state index contributed by atoms with van der Waals surface area (Å²) in [5, 5.41) is 0. The van der Waals surface area contributed by atoms with Crippen LogP contribution in [0.5, 0.6) is 11.5 Å². The summed E-state index contributed by atoms with van der Waals surface area (Å²) in [5.41, 5.74) is 1.91. The van der Waals surface area contributed by atoms with E-state index in [2.05, 4.69) is 4.74 Å². The maximum atomic E-state index is 14.4. The van der Waals surface area contributed by atoms with Gasteiger partial charge in [0.15, 0.2) is 11.6 Å². The van der Waals surface area contributed by atoms with Crippen LogP contribution in [0.25, 0.3) is 22.3 Å². The molecule has 0 bridgehead atoms. The Morgan fingerprint density at radius 3 is 1.83 bits per heavy atom. The van der Waals surface area contributed by atoms with Crippen LogP contribution in [-0.4, -0.2) is 13.0 Å². The van der Waals surface area contributed by atoms with E-state index in [1.165, 1.54) is 36.4 Å². The van der Waals surface area contributed by atoms with Crippen molar-refractivity contribution >= 4 is 0 Å². The van der Waals surface area contributed by atoms with Gasteiger partial charge < -0.3 is 9.47 Å². The highest BCUT2D eigenvalue weighted by Crippen LogP contribution is 2.32. The predicted octanol–water partition coefficient (Wildman–Crippen LogP) is 6.99. The number of hydrogen-bond donors (Lipinski definition) is 0. The summed E-state index contributed by atoms with van der Waals surface area (Å²) < 4.78 is 74.3. The van der Waals surface area contributed by atoms with Crippen molar-refractivity contribution in [2.75, 3.05) is 6.61 Å². The van der Waals surface area contributed by atoms with E-state index in [1.807, 2.05) is 6.92 Å². The van der Waals surface area contributed by atoms with Crippen molar-refractivity contribution in [1.82, 2.24) is 0 Å². The van der Waals surface area contributed by atoms with E-state index in [0.717, 1.165) is 0 Å². The van der Waals surface area contributed by atoms with Gasteiger partial charge >= 0.3 is 6.36 Å². The number of alkyl halides is 3. The van der Waals surface area contributed by atoms with Crippen molar-refractivity contribution in [1.29, 1.82) is 0 Å². The molecule has 3 rings (SSSR count). The van der Waals surface area contributed by atoms with Gasteiger partial charge in [0.1, 0.15) is 5.75 Å². The lowest BCUT2D eigenvalue weighted by molar-refractivity contribution is -0.274. The van der Waals surface area contributed by atoms with Gasteiger partial charge in [-0.15, -0.1) is 13.2 Å². The van der Waals surface area contributed by atoms with Crippen LogP contribution in [-0.2, 0) is 0 Å². The summed E-state index contributed by atoms with van der Waals surface area (Å²) in [6.45, 7) is 2.15. The summed E-state index contributed by atoms with van der Waals surface area (Å²) in [6.07, 6.45) is -4.08. The molecule has 0 spiro atoms. The predicted molar refractivity (Wildman–Crippen MR) is 99.7 cm³/mol. The standard InChI is InChI=1S/C22H17F5O2/c1-2-13-28-19-12-11-18(20(23)21(19)24)16-5-3-14(4-6-16)15-7-9-17(10-8-15)29-22(25,26)27/h3-12H,2,13H2,1H3. The third-order valence-electron chi connectivity index (χ3n) is 4.13. The molecule has 0 unspecified atom stereocenters. The van der Waals surface area contributed by atoms with Gasteiger partial charge in [0, 0.05) is 5.56 Å². The van der Waals surface area contributed by atoms with Gasteiger partial charge in [0.2, 0.25) is 5.82 Å². The van der Waals surface area contributed by atoms with Gasteiger partial charge in [-0.05, 0) is 47.4 Å². The third kappa shape index (κ3) is 5.04. The van der Waals surface area contributed by atoms with Crippen LogP contribution in [0.15, 0.2) is 60.7 Å². The Morgan fingerprint density at radius 1 is 0.724 bits per heavy atom. The Bertz CT molecular complexity index is 964. The average Bonchev–Trinajstić information content (AvgIpc) is 2.69. The second-order valence-electron chi connectivity index (χ2n) is 6.24. The highest BCUT2D eigenvalue weighted by atomic mass is 19.4. The molecule has 0 heterocycles. The molecule has 7 heteroatoms. The van der Waals surface area contributed by atoms with Gasteiger partial charge in [-0.25, -0.2) is 4.39 Å². The maximum absolute atomic E-state index is 14.4. The van der Waals surface area contributed by atoms with Crippen molar-refractivity contribution < 1.29 is 31.4 Å². The summed E-state index contributed by atoms with van der Waals surface area (Å²) in [6, 6.07) is 14.8. The monoisotopic (exact) mass is 408 g/mol.